The molecule has 2 aliphatic rings. The molecule has 2 heteroatoms. The molecule has 0 aromatic heterocycles. The summed E-state index contributed by atoms with van der Waals surface area (Å²) in [5, 5.41) is 17.2. The van der Waals surface area contributed by atoms with Crippen LogP contribution in [0.2, 0.25) is 0 Å². The average Bonchev–Trinajstić information content (AvgIpc) is 3.30. The highest BCUT2D eigenvalue weighted by molar-refractivity contribution is 6.26. The van der Waals surface area contributed by atoms with Crippen LogP contribution in [0.4, 0.5) is 11.4 Å². The second kappa shape index (κ2) is 8.43. The third kappa shape index (κ3) is 3.04. The summed E-state index contributed by atoms with van der Waals surface area (Å²) in [5.74, 6) is 0.168. The first-order chi connectivity index (χ1) is 19.7. The van der Waals surface area contributed by atoms with E-state index in [4.69, 9.17) is 0 Å². The van der Waals surface area contributed by atoms with Gasteiger partial charge in [0.05, 0.1) is 22.9 Å². The van der Waals surface area contributed by atoms with Crippen molar-refractivity contribution in [3.05, 3.63) is 145 Å². The lowest BCUT2D eigenvalue weighted by Crippen LogP contribution is -2.42. The molecule has 0 N–H and O–H groups in total. The number of nitrogens with zero attached hydrogens (tertiary/aromatic N) is 2. The lowest BCUT2D eigenvalue weighted by Gasteiger charge is -2.39. The molecule has 6 aromatic carbocycles. The molecule has 2 atom stereocenters. The van der Waals surface area contributed by atoms with E-state index in [1.54, 1.807) is 0 Å². The van der Waals surface area contributed by atoms with Crippen LogP contribution in [-0.2, 0) is 0 Å². The molecule has 1 aliphatic heterocycles. The van der Waals surface area contributed by atoms with Gasteiger partial charge in [0.15, 0.2) is 0 Å². The Hall–Kier alpha value is -5.13. The lowest BCUT2D eigenvalue weighted by atomic mass is 9.77. The lowest BCUT2D eigenvalue weighted by molar-refractivity contribution is 0.544. The number of benzene rings is 6. The smallest absolute Gasteiger partial charge is 0.0991 e. The van der Waals surface area contributed by atoms with Crippen molar-refractivity contribution in [1.29, 1.82) is 5.26 Å². The highest BCUT2D eigenvalue weighted by Gasteiger charge is 2.49. The van der Waals surface area contributed by atoms with Crippen LogP contribution in [0.25, 0.3) is 43.4 Å². The summed E-state index contributed by atoms with van der Waals surface area (Å²) >= 11 is 0. The van der Waals surface area contributed by atoms with E-state index in [0.717, 1.165) is 5.69 Å². The van der Waals surface area contributed by atoms with Gasteiger partial charge in [0, 0.05) is 17.0 Å². The Morgan fingerprint density at radius 3 is 2.12 bits per heavy atom. The Labute approximate surface area is 233 Å². The van der Waals surface area contributed by atoms with Crippen molar-refractivity contribution in [2.45, 2.75) is 18.4 Å². The summed E-state index contributed by atoms with van der Waals surface area (Å²) in [6.07, 6.45) is 9.09. The number of nitriles is 1. The summed E-state index contributed by atoms with van der Waals surface area (Å²) < 4.78 is 0. The molecule has 8 rings (SSSR count). The first-order valence-corrected chi connectivity index (χ1v) is 13.8. The van der Waals surface area contributed by atoms with Gasteiger partial charge in [-0.25, -0.2) is 0 Å². The maximum Gasteiger partial charge on any atom is 0.0991 e. The van der Waals surface area contributed by atoms with Crippen molar-refractivity contribution in [3.63, 3.8) is 0 Å². The fraction of sp³-hybridized carbons (Fsp3) is 0.0789. The van der Waals surface area contributed by atoms with Gasteiger partial charge in [-0.2, -0.15) is 5.26 Å². The number of anilines is 2. The van der Waals surface area contributed by atoms with Crippen LogP contribution in [0.1, 0.15) is 24.0 Å². The molecule has 2 nitrogen and oxygen atoms in total. The van der Waals surface area contributed by atoms with E-state index in [-0.39, 0.29) is 11.5 Å². The molecule has 1 aliphatic carbocycles. The predicted molar refractivity (Wildman–Crippen MR) is 167 cm³/mol. The largest absolute Gasteiger partial charge is 0.330 e. The fourth-order valence-electron chi connectivity index (χ4n) is 7.13. The molecule has 40 heavy (non-hydrogen) atoms. The van der Waals surface area contributed by atoms with E-state index < -0.39 is 0 Å². The number of fused-ring (bicyclic) bond motifs is 10. The highest BCUT2D eigenvalue weighted by Crippen LogP contribution is 2.59. The summed E-state index contributed by atoms with van der Waals surface area (Å²) in [6.45, 7) is 2.34. The monoisotopic (exact) mass is 510 g/mol. The Morgan fingerprint density at radius 2 is 1.38 bits per heavy atom. The second-order valence-electron chi connectivity index (χ2n) is 11.0. The van der Waals surface area contributed by atoms with Gasteiger partial charge < -0.3 is 4.90 Å². The predicted octanol–water partition coefficient (Wildman–Crippen LogP) is 9.80. The van der Waals surface area contributed by atoms with Gasteiger partial charge in [0.25, 0.3) is 0 Å². The summed E-state index contributed by atoms with van der Waals surface area (Å²) in [6, 6.07) is 41.2. The van der Waals surface area contributed by atoms with Gasteiger partial charge in [-0.1, -0.05) is 103 Å². The van der Waals surface area contributed by atoms with Gasteiger partial charge in [-0.15, -0.1) is 0 Å². The Morgan fingerprint density at radius 1 is 0.700 bits per heavy atom. The van der Waals surface area contributed by atoms with Crippen molar-refractivity contribution in [2.75, 3.05) is 4.90 Å². The SMILES string of the molecule is CC12C=CC=CC1c1c(c3ccccc3c3cc(-c4ccccc4)c4ccccc4c13)N2c1ccc(C#N)cc1. The molecule has 0 bridgehead atoms. The van der Waals surface area contributed by atoms with Crippen molar-refractivity contribution in [1.82, 2.24) is 0 Å². The highest BCUT2D eigenvalue weighted by atomic mass is 15.2. The molecule has 0 amide bonds. The molecular weight excluding hydrogens is 484 g/mol. The van der Waals surface area contributed by atoms with Gasteiger partial charge >= 0.3 is 0 Å². The topological polar surface area (TPSA) is 27.0 Å². The fourth-order valence-corrected chi connectivity index (χ4v) is 7.13. The van der Waals surface area contributed by atoms with Crippen molar-refractivity contribution < 1.29 is 0 Å². The van der Waals surface area contributed by atoms with Crippen LogP contribution < -0.4 is 4.90 Å². The molecule has 6 aromatic rings. The van der Waals surface area contributed by atoms with E-state index in [9.17, 15) is 5.26 Å². The number of rotatable bonds is 2. The Bertz CT molecular complexity index is 2080. The summed E-state index contributed by atoms with van der Waals surface area (Å²) in [4.78, 5) is 2.51. The first-order valence-electron chi connectivity index (χ1n) is 13.8. The number of allylic oxidation sites excluding steroid dienone is 2. The van der Waals surface area contributed by atoms with E-state index in [1.807, 2.05) is 12.1 Å². The standard InChI is InChI=1S/C38H26N2/c1-38-22-10-9-17-34(38)36-35-30-15-7-5-13-28(30)32(26-11-3-2-4-12-26)23-33(35)29-14-6-8-16-31(29)37(36)40(38)27-20-18-25(24-39)19-21-27/h2-23,34H,1H3. The van der Waals surface area contributed by atoms with Crippen LogP contribution in [0.3, 0.4) is 0 Å². The zero-order valence-electron chi connectivity index (χ0n) is 22.2. The Balaban J connectivity index is 1.57. The molecule has 0 radical (unpaired) electrons. The molecule has 1 heterocycles. The van der Waals surface area contributed by atoms with Crippen LogP contribution in [0.15, 0.2) is 133 Å². The van der Waals surface area contributed by atoms with Crippen LogP contribution in [0.5, 0.6) is 0 Å². The average molecular weight is 511 g/mol. The van der Waals surface area contributed by atoms with Crippen LogP contribution >= 0.6 is 0 Å². The molecule has 2 unspecified atom stereocenters. The molecule has 0 saturated carbocycles. The summed E-state index contributed by atoms with van der Waals surface area (Å²) in [7, 11) is 0. The van der Waals surface area contributed by atoms with Crippen molar-refractivity contribution in [3.8, 4) is 17.2 Å². The van der Waals surface area contributed by atoms with Gasteiger partial charge in [-0.05, 0) is 80.9 Å². The third-order valence-electron chi connectivity index (χ3n) is 8.88. The van der Waals surface area contributed by atoms with E-state index in [0.29, 0.717) is 5.56 Å². The van der Waals surface area contributed by atoms with Crippen LogP contribution in [0, 0.1) is 11.3 Å². The second-order valence-corrected chi connectivity index (χ2v) is 11.0. The molecular formula is C38H26N2. The summed E-state index contributed by atoms with van der Waals surface area (Å²) in [5.41, 5.74) is 6.60. The van der Waals surface area contributed by atoms with Gasteiger partial charge in [-0.3, -0.25) is 0 Å². The maximum absolute atomic E-state index is 9.47. The number of hydrogen-bond acceptors (Lipinski definition) is 2. The molecule has 0 saturated heterocycles. The van der Waals surface area contributed by atoms with Gasteiger partial charge in [0.1, 0.15) is 0 Å². The van der Waals surface area contributed by atoms with E-state index in [1.165, 1.54) is 54.7 Å². The molecule has 0 fully saturated rings. The molecule has 0 spiro atoms. The zero-order valence-corrected chi connectivity index (χ0v) is 22.2. The third-order valence-corrected chi connectivity index (χ3v) is 8.88. The van der Waals surface area contributed by atoms with Crippen molar-refractivity contribution >= 4 is 43.7 Å². The van der Waals surface area contributed by atoms with Crippen LogP contribution in [-0.4, -0.2) is 5.54 Å². The normalized spacial score (nSPS) is 19.2. The first kappa shape index (κ1) is 22.8. The minimum Gasteiger partial charge on any atom is -0.330 e. The maximum atomic E-state index is 9.47. The van der Waals surface area contributed by atoms with E-state index in [2.05, 4.69) is 139 Å². The zero-order chi connectivity index (χ0) is 26.8. The number of hydrogen-bond donors (Lipinski definition) is 0. The van der Waals surface area contributed by atoms with E-state index >= 15 is 0 Å². The molecule has 188 valence electrons. The van der Waals surface area contributed by atoms with Gasteiger partial charge in [0.2, 0.25) is 0 Å². The Kier molecular flexibility index (Phi) is 4.81. The van der Waals surface area contributed by atoms with Crippen molar-refractivity contribution in [2.24, 2.45) is 0 Å². The minimum atomic E-state index is -0.290. The minimum absolute atomic E-state index is 0.168. The quantitative estimate of drug-likeness (QED) is 0.217.